The number of aryl methyl sites for hydroxylation is 2. The van der Waals surface area contributed by atoms with Crippen molar-refractivity contribution in [1.82, 2.24) is 10.2 Å². The summed E-state index contributed by atoms with van der Waals surface area (Å²) in [5, 5.41) is 3.36. The van der Waals surface area contributed by atoms with Gasteiger partial charge in [-0.15, -0.1) is 24.0 Å². The second-order valence-electron chi connectivity index (χ2n) is 5.60. The molecule has 1 saturated heterocycles. The Morgan fingerprint density at radius 3 is 2.41 bits per heavy atom. The first-order valence-corrected chi connectivity index (χ1v) is 7.93. The second-order valence-corrected chi connectivity index (χ2v) is 5.60. The summed E-state index contributed by atoms with van der Waals surface area (Å²) in [7, 11) is 0. The average molecular weight is 417 g/mol. The summed E-state index contributed by atoms with van der Waals surface area (Å²) in [5.74, 6) is 1.97. The van der Waals surface area contributed by atoms with Crippen LogP contribution in [0.2, 0.25) is 0 Å². The van der Waals surface area contributed by atoms with E-state index < -0.39 is 0 Å². The number of guanidine groups is 1. The van der Waals surface area contributed by atoms with Crippen LogP contribution in [0.3, 0.4) is 0 Å². The standard InChI is InChI=1S/C17H27N3O.HI/c1-4-18-17(20-8-5-6-9-20)19-7-10-21-16-12-14(2)11-15(3)13-16;/h11-13H,4-10H2,1-3H3,(H,18,19);1H. The maximum Gasteiger partial charge on any atom is 0.194 e. The van der Waals surface area contributed by atoms with Crippen LogP contribution in [0.1, 0.15) is 30.9 Å². The molecule has 0 atom stereocenters. The molecule has 0 aromatic heterocycles. The lowest BCUT2D eigenvalue weighted by atomic mass is 10.1. The first kappa shape index (κ1) is 19.1. The molecule has 22 heavy (non-hydrogen) atoms. The normalized spacial score (nSPS) is 14.7. The lowest BCUT2D eigenvalue weighted by molar-refractivity contribution is 0.327. The summed E-state index contributed by atoms with van der Waals surface area (Å²) in [6, 6.07) is 6.30. The lowest BCUT2D eigenvalue weighted by Crippen LogP contribution is -2.39. The van der Waals surface area contributed by atoms with Gasteiger partial charge in [-0.2, -0.15) is 0 Å². The van der Waals surface area contributed by atoms with E-state index in [1.807, 2.05) is 0 Å². The van der Waals surface area contributed by atoms with E-state index in [0.717, 1.165) is 31.3 Å². The van der Waals surface area contributed by atoms with Crippen LogP contribution < -0.4 is 10.1 Å². The first-order chi connectivity index (χ1) is 10.2. The van der Waals surface area contributed by atoms with Gasteiger partial charge in [0.1, 0.15) is 12.4 Å². The van der Waals surface area contributed by atoms with E-state index in [4.69, 9.17) is 4.74 Å². The van der Waals surface area contributed by atoms with Crippen molar-refractivity contribution < 1.29 is 4.74 Å². The minimum atomic E-state index is 0. The summed E-state index contributed by atoms with van der Waals surface area (Å²) in [4.78, 5) is 7.00. The molecule has 1 aliphatic rings. The van der Waals surface area contributed by atoms with Crippen molar-refractivity contribution in [1.29, 1.82) is 0 Å². The van der Waals surface area contributed by atoms with Crippen molar-refractivity contribution in [2.45, 2.75) is 33.6 Å². The van der Waals surface area contributed by atoms with Crippen molar-refractivity contribution >= 4 is 29.9 Å². The number of hydrogen-bond acceptors (Lipinski definition) is 2. The van der Waals surface area contributed by atoms with Gasteiger partial charge in [0.15, 0.2) is 5.96 Å². The maximum atomic E-state index is 5.81. The van der Waals surface area contributed by atoms with Gasteiger partial charge in [-0.3, -0.25) is 0 Å². The van der Waals surface area contributed by atoms with Crippen molar-refractivity contribution in [2.75, 3.05) is 32.8 Å². The Morgan fingerprint density at radius 2 is 1.82 bits per heavy atom. The SMILES string of the molecule is CCNC(=NCCOc1cc(C)cc(C)c1)N1CCCC1.I. The zero-order valence-corrected chi connectivity index (χ0v) is 16.2. The van der Waals surface area contributed by atoms with E-state index in [1.165, 1.54) is 24.0 Å². The Balaban J connectivity index is 0.00000242. The van der Waals surface area contributed by atoms with Crippen molar-refractivity contribution in [3.8, 4) is 5.75 Å². The van der Waals surface area contributed by atoms with Gasteiger partial charge >= 0.3 is 0 Å². The number of hydrogen-bond donors (Lipinski definition) is 1. The molecule has 1 aromatic rings. The number of aliphatic imine (C=N–C) groups is 1. The quantitative estimate of drug-likeness (QED) is 0.346. The molecule has 4 nitrogen and oxygen atoms in total. The molecule has 124 valence electrons. The van der Waals surface area contributed by atoms with E-state index in [1.54, 1.807) is 0 Å². The topological polar surface area (TPSA) is 36.9 Å². The van der Waals surface area contributed by atoms with Gasteiger partial charge < -0.3 is 15.0 Å². The van der Waals surface area contributed by atoms with Gasteiger partial charge in [-0.1, -0.05) is 6.07 Å². The Hall–Kier alpha value is -0.980. The molecule has 0 amide bonds. The molecule has 0 aliphatic carbocycles. The highest BCUT2D eigenvalue weighted by Gasteiger charge is 2.15. The molecule has 1 fully saturated rings. The van der Waals surface area contributed by atoms with Crippen LogP contribution in [0.5, 0.6) is 5.75 Å². The van der Waals surface area contributed by atoms with Gasteiger partial charge in [0, 0.05) is 19.6 Å². The average Bonchev–Trinajstić information content (AvgIpc) is 2.95. The minimum absolute atomic E-state index is 0. The molecule has 0 saturated carbocycles. The molecule has 1 aliphatic heterocycles. The van der Waals surface area contributed by atoms with E-state index in [0.29, 0.717) is 13.2 Å². The fourth-order valence-electron chi connectivity index (χ4n) is 2.69. The molecule has 1 N–H and O–H groups in total. The summed E-state index contributed by atoms with van der Waals surface area (Å²) < 4.78 is 5.81. The number of ether oxygens (including phenoxy) is 1. The van der Waals surface area contributed by atoms with Gasteiger partial charge in [0.2, 0.25) is 0 Å². The third kappa shape index (κ3) is 6.02. The second kappa shape index (κ2) is 9.92. The highest BCUT2D eigenvalue weighted by atomic mass is 127. The fraction of sp³-hybridized carbons (Fsp3) is 0.588. The molecule has 1 aromatic carbocycles. The van der Waals surface area contributed by atoms with Crippen LogP contribution in [0.15, 0.2) is 23.2 Å². The summed E-state index contributed by atoms with van der Waals surface area (Å²) >= 11 is 0. The molecule has 1 heterocycles. The number of rotatable bonds is 5. The Kier molecular flexibility index (Phi) is 8.60. The van der Waals surface area contributed by atoms with Crippen molar-refractivity contribution in [3.05, 3.63) is 29.3 Å². The highest BCUT2D eigenvalue weighted by Crippen LogP contribution is 2.16. The van der Waals surface area contributed by atoms with Crippen molar-refractivity contribution in [3.63, 3.8) is 0 Å². The predicted molar refractivity (Wildman–Crippen MR) is 104 cm³/mol. The van der Waals surface area contributed by atoms with Gasteiger partial charge in [0.25, 0.3) is 0 Å². The number of nitrogens with one attached hydrogen (secondary N) is 1. The fourth-order valence-corrected chi connectivity index (χ4v) is 2.69. The van der Waals surface area contributed by atoms with E-state index in [9.17, 15) is 0 Å². The number of likely N-dealkylation sites (tertiary alicyclic amines) is 1. The summed E-state index contributed by atoms with van der Waals surface area (Å²) in [6.45, 7) is 10.7. The number of halogens is 1. The van der Waals surface area contributed by atoms with Gasteiger partial charge in [-0.25, -0.2) is 4.99 Å². The van der Waals surface area contributed by atoms with Crippen LogP contribution in [0.4, 0.5) is 0 Å². The van der Waals surface area contributed by atoms with Crippen LogP contribution >= 0.6 is 24.0 Å². The molecule has 5 heteroatoms. The Morgan fingerprint density at radius 1 is 1.18 bits per heavy atom. The largest absolute Gasteiger partial charge is 0.492 e. The zero-order chi connectivity index (χ0) is 15.1. The Labute approximate surface area is 151 Å². The van der Waals surface area contributed by atoms with Crippen LogP contribution in [-0.2, 0) is 0 Å². The van der Waals surface area contributed by atoms with Crippen molar-refractivity contribution in [2.24, 2.45) is 4.99 Å². The minimum Gasteiger partial charge on any atom is -0.492 e. The van der Waals surface area contributed by atoms with Crippen LogP contribution in [-0.4, -0.2) is 43.6 Å². The molecule has 0 bridgehead atoms. The summed E-state index contributed by atoms with van der Waals surface area (Å²) in [6.07, 6.45) is 2.53. The Bertz CT molecular complexity index is 465. The van der Waals surface area contributed by atoms with E-state index in [-0.39, 0.29) is 24.0 Å². The first-order valence-electron chi connectivity index (χ1n) is 7.93. The monoisotopic (exact) mass is 417 g/mol. The molecular weight excluding hydrogens is 389 g/mol. The summed E-state index contributed by atoms with van der Waals surface area (Å²) in [5.41, 5.74) is 2.47. The zero-order valence-electron chi connectivity index (χ0n) is 13.9. The molecule has 2 rings (SSSR count). The third-order valence-corrected chi connectivity index (χ3v) is 3.56. The van der Waals surface area contributed by atoms with Crippen LogP contribution in [0, 0.1) is 13.8 Å². The molecular formula is C17H28IN3O. The van der Waals surface area contributed by atoms with Crippen LogP contribution in [0.25, 0.3) is 0 Å². The van der Waals surface area contributed by atoms with E-state index in [2.05, 4.69) is 54.2 Å². The molecule has 0 unspecified atom stereocenters. The number of benzene rings is 1. The number of nitrogens with zero attached hydrogens (tertiary/aromatic N) is 2. The predicted octanol–water partition coefficient (Wildman–Crippen LogP) is 3.36. The van der Waals surface area contributed by atoms with Gasteiger partial charge in [0.05, 0.1) is 6.54 Å². The smallest absolute Gasteiger partial charge is 0.194 e. The van der Waals surface area contributed by atoms with Gasteiger partial charge in [-0.05, 0) is 56.9 Å². The molecule has 0 radical (unpaired) electrons. The van der Waals surface area contributed by atoms with E-state index >= 15 is 0 Å². The highest BCUT2D eigenvalue weighted by molar-refractivity contribution is 14.0. The molecule has 0 spiro atoms. The maximum absolute atomic E-state index is 5.81. The lowest BCUT2D eigenvalue weighted by Gasteiger charge is -2.20. The third-order valence-electron chi connectivity index (χ3n) is 3.56.